The van der Waals surface area contributed by atoms with Gasteiger partial charge >= 0.3 is 10.3 Å². The summed E-state index contributed by atoms with van der Waals surface area (Å²) in [7, 11) is -4.06. The van der Waals surface area contributed by atoms with E-state index in [0.29, 0.717) is 25.2 Å². The van der Waals surface area contributed by atoms with E-state index in [1.54, 1.807) is 18.2 Å². The van der Waals surface area contributed by atoms with Crippen LogP contribution in [0.25, 0.3) is 0 Å². The molecular weight excluding hydrogens is 326 g/mol. The second-order valence-electron chi connectivity index (χ2n) is 5.02. The zero-order chi connectivity index (χ0) is 17.3. The first-order chi connectivity index (χ1) is 11.5. The van der Waals surface area contributed by atoms with E-state index in [-0.39, 0.29) is 5.75 Å². The molecule has 0 saturated carbocycles. The van der Waals surface area contributed by atoms with Gasteiger partial charge in [0.1, 0.15) is 0 Å². The molecule has 0 amide bonds. The first kappa shape index (κ1) is 18.0. The maximum atomic E-state index is 11.0. The van der Waals surface area contributed by atoms with Crippen LogP contribution >= 0.6 is 0 Å². The molecule has 0 aliphatic heterocycles. The molecule has 0 spiro atoms. The lowest BCUT2D eigenvalue weighted by Gasteiger charge is -2.04. The molecule has 0 aromatic heterocycles. The van der Waals surface area contributed by atoms with Crippen LogP contribution in [0.3, 0.4) is 0 Å². The third-order valence-corrected chi connectivity index (χ3v) is 3.43. The van der Waals surface area contributed by atoms with Crippen LogP contribution in [0.5, 0.6) is 5.75 Å². The minimum atomic E-state index is -4.06. The molecule has 2 N–H and O–H groups in total. The van der Waals surface area contributed by atoms with Crippen molar-refractivity contribution in [3.8, 4) is 17.6 Å². The zero-order valence-corrected chi connectivity index (χ0v) is 14.0. The first-order valence-corrected chi connectivity index (χ1v) is 8.93. The Morgan fingerprint density at radius 2 is 1.71 bits per heavy atom. The summed E-state index contributed by atoms with van der Waals surface area (Å²) in [6.07, 6.45) is 1.43. The molecule has 6 heteroatoms. The Bertz CT molecular complexity index is 808. The van der Waals surface area contributed by atoms with E-state index >= 15 is 0 Å². The van der Waals surface area contributed by atoms with Gasteiger partial charge in [-0.1, -0.05) is 54.3 Å². The highest BCUT2D eigenvalue weighted by atomic mass is 32.2. The number of hydrogen-bond donors (Lipinski definition) is 1. The van der Waals surface area contributed by atoms with Crippen LogP contribution in [0, 0.1) is 11.8 Å². The molecule has 2 aromatic rings. The third-order valence-electron chi connectivity index (χ3n) is 3.02. The average Bonchev–Trinajstić information content (AvgIpc) is 2.55. The highest BCUT2D eigenvalue weighted by Gasteiger charge is 2.07. The van der Waals surface area contributed by atoms with Crippen LogP contribution in [0.1, 0.15) is 24.0 Å². The van der Waals surface area contributed by atoms with Gasteiger partial charge in [0.2, 0.25) is 0 Å². The molecule has 0 aliphatic rings. The summed E-state index contributed by atoms with van der Waals surface area (Å²) in [6.45, 7) is 1.19. The number of benzene rings is 2. The number of rotatable bonds is 7. The fourth-order valence-electron chi connectivity index (χ4n) is 1.95. The Kier molecular flexibility index (Phi) is 6.82. The van der Waals surface area contributed by atoms with Gasteiger partial charge in [0, 0.05) is 13.0 Å². The fourth-order valence-corrected chi connectivity index (χ4v) is 2.35. The zero-order valence-electron chi connectivity index (χ0n) is 13.1. The molecular formula is C18H19NO4S. The predicted molar refractivity (Wildman–Crippen MR) is 92.4 cm³/mol. The molecule has 0 aliphatic carbocycles. The molecule has 5 nitrogen and oxygen atoms in total. The van der Waals surface area contributed by atoms with Crippen molar-refractivity contribution in [3.05, 3.63) is 65.7 Å². The molecule has 2 rings (SSSR count). The number of unbranched alkanes of at least 4 members (excludes halogenated alkanes) is 1. The number of hydrogen-bond acceptors (Lipinski definition) is 4. The maximum Gasteiger partial charge on any atom is 0.380 e. The quantitative estimate of drug-likeness (QED) is 0.618. The van der Waals surface area contributed by atoms with Crippen LogP contribution in [-0.4, -0.2) is 15.0 Å². The summed E-state index contributed by atoms with van der Waals surface area (Å²) >= 11 is 0. The van der Waals surface area contributed by atoms with Crippen LogP contribution in [0.15, 0.2) is 54.6 Å². The fraction of sp³-hybridized carbons (Fsp3) is 0.222. The van der Waals surface area contributed by atoms with E-state index < -0.39 is 10.3 Å². The first-order valence-electron chi connectivity index (χ1n) is 7.46. The second-order valence-corrected chi connectivity index (χ2v) is 6.17. The Balaban J connectivity index is 1.77. The molecule has 0 unspecified atom stereocenters. The summed E-state index contributed by atoms with van der Waals surface area (Å²) in [5.41, 5.74) is 1.62. The van der Waals surface area contributed by atoms with Gasteiger partial charge in [0.15, 0.2) is 5.75 Å². The molecule has 0 saturated heterocycles. The molecule has 0 atom stereocenters. The van der Waals surface area contributed by atoms with Crippen molar-refractivity contribution in [1.82, 2.24) is 0 Å². The number of nitrogens with two attached hydrogens (primary N) is 1. The average molecular weight is 345 g/mol. The monoisotopic (exact) mass is 345 g/mol. The van der Waals surface area contributed by atoms with Crippen molar-refractivity contribution in [1.29, 1.82) is 0 Å². The van der Waals surface area contributed by atoms with E-state index in [0.717, 1.165) is 12.0 Å². The van der Waals surface area contributed by atoms with Crippen LogP contribution in [0.4, 0.5) is 0 Å². The second kappa shape index (κ2) is 9.08. The van der Waals surface area contributed by atoms with E-state index in [9.17, 15) is 8.42 Å². The number of ether oxygens (including phenoxy) is 1. The van der Waals surface area contributed by atoms with E-state index in [4.69, 9.17) is 14.1 Å². The van der Waals surface area contributed by atoms with Gasteiger partial charge in [-0.25, -0.2) is 0 Å². The van der Waals surface area contributed by atoms with Crippen molar-refractivity contribution >= 4 is 10.3 Å². The largest absolute Gasteiger partial charge is 0.380 e. The van der Waals surface area contributed by atoms with E-state index in [1.807, 2.05) is 30.3 Å². The maximum absolute atomic E-state index is 11.0. The van der Waals surface area contributed by atoms with Crippen molar-refractivity contribution in [2.75, 3.05) is 6.61 Å². The van der Waals surface area contributed by atoms with Crippen molar-refractivity contribution in [3.63, 3.8) is 0 Å². The topological polar surface area (TPSA) is 78.6 Å². The Morgan fingerprint density at radius 1 is 1.00 bits per heavy atom. The molecule has 2 aromatic carbocycles. The normalized spacial score (nSPS) is 10.7. The molecule has 0 heterocycles. The third kappa shape index (κ3) is 6.84. The lowest BCUT2D eigenvalue weighted by atomic mass is 10.2. The number of para-hydroxylation sites is 1. The van der Waals surface area contributed by atoms with Gasteiger partial charge in [-0.15, -0.1) is 0 Å². The summed E-state index contributed by atoms with van der Waals surface area (Å²) in [6, 6.07) is 16.6. The van der Waals surface area contributed by atoms with Crippen LogP contribution in [0.2, 0.25) is 0 Å². The van der Waals surface area contributed by atoms with E-state index in [2.05, 4.69) is 11.8 Å². The van der Waals surface area contributed by atoms with Crippen molar-refractivity contribution in [2.24, 2.45) is 5.14 Å². The molecule has 0 bridgehead atoms. The summed E-state index contributed by atoms with van der Waals surface area (Å²) in [4.78, 5) is 0. The highest BCUT2D eigenvalue weighted by molar-refractivity contribution is 7.84. The van der Waals surface area contributed by atoms with Gasteiger partial charge in [0.25, 0.3) is 0 Å². The minimum Gasteiger partial charge on any atom is -0.377 e. The highest BCUT2D eigenvalue weighted by Crippen LogP contribution is 2.17. The standard InChI is InChI=1S/C18H19NO4S/c19-24(20,21)23-18-13-7-6-12-17(18)11-5-2-8-14-22-15-16-9-3-1-4-10-16/h1,3-4,6-7,9-10,12-13H,2,8,14-15H2,(H2,19,20,21). The Labute approximate surface area is 142 Å². The summed E-state index contributed by atoms with van der Waals surface area (Å²) < 4.78 is 32.3. The molecule has 24 heavy (non-hydrogen) atoms. The van der Waals surface area contributed by atoms with E-state index in [1.165, 1.54) is 6.07 Å². The Hall–Kier alpha value is -2.33. The van der Waals surface area contributed by atoms with Gasteiger partial charge in [-0.3, -0.25) is 0 Å². The van der Waals surface area contributed by atoms with Gasteiger partial charge in [-0.2, -0.15) is 13.6 Å². The minimum absolute atomic E-state index is 0.132. The molecule has 0 radical (unpaired) electrons. The predicted octanol–water partition coefficient (Wildman–Crippen LogP) is 2.62. The van der Waals surface area contributed by atoms with Crippen molar-refractivity contribution < 1.29 is 17.3 Å². The summed E-state index contributed by atoms with van der Waals surface area (Å²) in [5.74, 6) is 6.01. The van der Waals surface area contributed by atoms with Gasteiger partial charge < -0.3 is 8.92 Å². The lowest BCUT2D eigenvalue weighted by Crippen LogP contribution is -2.19. The van der Waals surface area contributed by atoms with Crippen LogP contribution in [-0.2, 0) is 21.6 Å². The lowest BCUT2D eigenvalue weighted by molar-refractivity contribution is 0.119. The summed E-state index contributed by atoms with van der Waals surface area (Å²) in [5, 5.41) is 4.88. The molecule has 0 fully saturated rings. The smallest absolute Gasteiger partial charge is 0.377 e. The Morgan fingerprint density at radius 3 is 2.46 bits per heavy atom. The van der Waals surface area contributed by atoms with Gasteiger partial charge in [-0.05, 0) is 24.1 Å². The molecule has 126 valence electrons. The SMILES string of the molecule is NS(=O)(=O)Oc1ccccc1C#CCCCOCc1ccccc1. The van der Waals surface area contributed by atoms with Gasteiger partial charge in [0.05, 0.1) is 12.2 Å². The van der Waals surface area contributed by atoms with Crippen molar-refractivity contribution in [2.45, 2.75) is 19.4 Å². The van der Waals surface area contributed by atoms with Crippen LogP contribution < -0.4 is 9.32 Å².